The standard InChI is InChI=1S/C10H14N2O2/c1-7(2)8-4-3-5-10(12(13)14)9(8)6-11/h3-5,7H,6,11H2,1-2H3. The molecule has 0 saturated heterocycles. The van der Waals surface area contributed by atoms with Crippen LogP contribution in [0.3, 0.4) is 0 Å². The van der Waals surface area contributed by atoms with Crippen LogP contribution >= 0.6 is 0 Å². The summed E-state index contributed by atoms with van der Waals surface area (Å²) in [6, 6.07) is 5.08. The van der Waals surface area contributed by atoms with E-state index in [1.807, 2.05) is 19.9 Å². The Morgan fingerprint density at radius 2 is 2.14 bits per heavy atom. The molecular weight excluding hydrogens is 180 g/mol. The maximum absolute atomic E-state index is 10.7. The lowest BCUT2D eigenvalue weighted by Crippen LogP contribution is -2.06. The van der Waals surface area contributed by atoms with E-state index in [9.17, 15) is 10.1 Å². The molecule has 0 aliphatic heterocycles. The van der Waals surface area contributed by atoms with Crippen LogP contribution < -0.4 is 5.73 Å². The van der Waals surface area contributed by atoms with Crippen molar-refractivity contribution >= 4 is 5.69 Å². The fraction of sp³-hybridized carbons (Fsp3) is 0.400. The first-order chi connectivity index (χ1) is 6.57. The van der Waals surface area contributed by atoms with Crippen LogP contribution in [0.4, 0.5) is 5.69 Å². The third kappa shape index (κ3) is 1.90. The normalized spacial score (nSPS) is 10.6. The summed E-state index contributed by atoms with van der Waals surface area (Å²) in [7, 11) is 0. The van der Waals surface area contributed by atoms with Gasteiger partial charge in [-0.05, 0) is 11.5 Å². The topological polar surface area (TPSA) is 69.2 Å². The molecule has 2 N–H and O–H groups in total. The molecule has 0 atom stereocenters. The molecule has 14 heavy (non-hydrogen) atoms. The van der Waals surface area contributed by atoms with E-state index in [1.54, 1.807) is 6.07 Å². The third-order valence-electron chi connectivity index (χ3n) is 2.21. The second kappa shape index (κ2) is 4.19. The summed E-state index contributed by atoms with van der Waals surface area (Å²) in [6.45, 7) is 4.21. The van der Waals surface area contributed by atoms with Crippen molar-refractivity contribution in [3.05, 3.63) is 39.4 Å². The zero-order chi connectivity index (χ0) is 10.7. The van der Waals surface area contributed by atoms with Crippen molar-refractivity contribution in [3.8, 4) is 0 Å². The molecule has 0 aromatic heterocycles. The monoisotopic (exact) mass is 194 g/mol. The smallest absolute Gasteiger partial charge is 0.274 e. The van der Waals surface area contributed by atoms with Crippen LogP contribution in [0, 0.1) is 10.1 Å². The van der Waals surface area contributed by atoms with Crippen LogP contribution in [-0.2, 0) is 6.54 Å². The zero-order valence-corrected chi connectivity index (χ0v) is 8.36. The molecule has 0 radical (unpaired) electrons. The van der Waals surface area contributed by atoms with E-state index in [0.29, 0.717) is 5.56 Å². The van der Waals surface area contributed by atoms with Gasteiger partial charge in [-0.2, -0.15) is 0 Å². The van der Waals surface area contributed by atoms with Gasteiger partial charge in [0.05, 0.1) is 4.92 Å². The molecule has 0 amide bonds. The average Bonchev–Trinajstić information content (AvgIpc) is 2.16. The Kier molecular flexibility index (Phi) is 3.19. The van der Waals surface area contributed by atoms with Gasteiger partial charge in [0.2, 0.25) is 0 Å². The van der Waals surface area contributed by atoms with Gasteiger partial charge in [-0.25, -0.2) is 0 Å². The summed E-state index contributed by atoms with van der Waals surface area (Å²) in [6.07, 6.45) is 0. The molecule has 0 fully saturated rings. The van der Waals surface area contributed by atoms with Gasteiger partial charge in [-0.1, -0.05) is 26.0 Å². The van der Waals surface area contributed by atoms with Crippen molar-refractivity contribution < 1.29 is 4.92 Å². The number of nitrogens with zero attached hydrogens (tertiary/aromatic N) is 1. The molecule has 0 aliphatic carbocycles. The van der Waals surface area contributed by atoms with Gasteiger partial charge in [0.1, 0.15) is 0 Å². The van der Waals surface area contributed by atoms with Crippen LogP contribution in [0.2, 0.25) is 0 Å². The van der Waals surface area contributed by atoms with E-state index < -0.39 is 0 Å². The summed E-state index contributed by atoms with van der Waals surface area (Å²) in [4.78, 5) is 10.3. The molecule has 1 aromatic carbocycles. The molecular formula is C10H14N2O2. The lowest BCUT2D eigenvalue weighted by Gasteiger charge is -2.10. The maximum atomic E-state index is 10.7. The first kappa shape index (κ1) is 10.7. The van der Waals surface area contributed by atoms with Gasteiger partial charge in [0, 0.05) is 18.2 Å². The molecule has 1 rings (SSSR count). The third-order valence-corrected chi connectivity index (χ3v) is 2.21. The fourth-order valence-electron chi connectivity index (χ4n) is 1.53. The molecule has 0 spiro atoms. The van der Waals surface area contributed by atoms with E-state index >= 15 is 0 Å². The summed E-state index contributed by atoms with van der Waals surface area (Å²) in [5.41, 5.74) is 7.25. The number of nitro benzene ring substituents is 1. The molecule has 0 heterocycles. The largest absolute Gasteiger partial charge is 0.326 e. The number of benzene rings is 1. The number of nitro groups is 1. The summed E-state index contributed by atoms with van der Waals surface area (Å²) < 4.78 is 0. The molecule has 0 unspecified atom stereocenters. The Bertz CT molecular complexity index is 348. The van der Waals surface area contributed by atoms with Crippen molar-refractivity contribution in [2.45, 2.75) is 26.3 Å². The summed E-state index contributed by atoms with van der Waals surface area (Å²) in [5, 5.41) is 10.7. The Morgan fingerprint density at radius 1 is 1.50 bits per heavy atom. The van der Waals surface area contributed by atoms with Gasteiger partial charge in [-0.3, -0.25) is 10.1 Å². The lowest BCUT2D eigenvalue weighted by atomic mass is 9.96. The lowest BCUT2D eigenvalue weighted by molar-refractivity contribution is -0.385. The highest BCUT2D eigenvalue weighted by atomic mass is 16.6. The molecule has 4 nitrogen and oxygen atoms in total. The summed E-state index contributed by atoms with van der Waals surface area (Å²) in [5.74, 6) is 0.258. The SMILES string of the molecule is CC(C)c1cccc([N+](=O)[O-])c1CN. The van der Waals surface area contributed by atoms with Gasteiger partial charge in [-0.15, -0.1) is 0 Å². The number of rotatable bonds is 3. The molecule has 1 aromatic rings. The quantitative estimate of drug-likeness (QED) is 0.592. The highest BCUT2D eigenvalue weighted by Gasteiger charge is 2.16. The predicted octanol–water partition coefficient (Wildman–Crippen LogP) is 2.18. The molecule has 0 aliphatic rings. The van der Waals surface area contributed by atoms with Crippen LogP contribution in [0.25, 0.3) is 0 Å². The van der Waals surface area contributed by atoms with Crippen LogP contribution in [0.15, 0.2) is 18.2 Å². The number of hydrogen-bond donors (Lipinski definition) is 1. The second-order valence-corrected chi connectivity index (χ2v) is 3.46. The van der Waals surface area contributed by atoms with Crippen molar-refractivity contribution in [2.75, 3.05) is 0 Å². The van der Waals surface area contributed by atoms with E-state index in [0.717, 1.165) is 5.56 Å². The van der Waals surface area contributed by atoms with Gasteiger partial charge < -0.3 is 5.73 Å². The highest BCUT2D eigenvalue weighted by Crippen LogP contribution is 2.26. The predicted molar refractivity (Wildman–Crippen MR) is 55.1 cm³/mol. The van der Waals surface area contributed by atoms with Crippen molar-refractivity contribution in [1.29, 1.82) is 0 Å². The van der Waals surface area contributed by atoms with E-state index in [-0.39, 0.29) is 23.1 Å². The Balaban J connectivity index is 3.32. The van der Waals surface area contributed by atoms with Crippen molar-refractivity contribution in [3.63, 3.8) is 0 Å². The Labute approximate surface area is 82.9 Å². The maximum Gasteiger partial charge on any atom is 0.274 e. The molecule has 76 valence electrons. The van der Waals surface area contributed by atoms with Gasteiger partial charge in [0.15, 0.2) is 0 Å². The molecule has 0 bridgehead atoms. The van der Waals surface area contributed by atoms with Crippen LogP contribution in [-0.4, -0.2) is 4.92 Å². The van der Waals surface area contributed by atoms with Crippen molar-refractivity contribution in [1.82, 2.24) is 0 Å². The zero-order valence-electron chi connectivity index (χ0n) is 8.36. The minimum Gasteiger partial charge on any atom is -0.326 e. The van der Waals surface area contributed by atoms with Gasteiger partial charge in [0.25, 0.3) is 5.69 Å². The first-order valence-corrected chi connectivity index (χ1v) is 4.54. The first-order valence-electron chi connectivity index (χ1n) is 4.54. The van der Waals surface area contributed by atoms with E-state index in [2.05, 4.69) is 0 Å². The fourth-order valence-corrected chi connectivity index (χ4v) is 1.53. The Hall–Kier alpha value is -1.42. The summed E-state index contributed by atoms with van der Waals surface area (Å²) >= 11 is 0. The number of hydrogen-bond acceptors (Lipinski definition) is 3. The Morgan fingerprint density at radius 3 is 2.57 bits per heavy atom. The second-order valence-electron chi connectivity index (χ2n) is 3.46. The number of nitrogens with two attached hydrogens (primary N) is 1. The highest BCUT2D eigenvalue weighted by molar-refractivity contribution is 5.46. The van der Waals surface area contributed by atoms with Crippen molar-refractivity contribution in [2.24, 2.45) is 5.73 Å². The van der Waals surface area contributed by atoms with E-state index in [1.165, 1.54) is 6.07 Å². The minimum absolute atomic E-state index is 0.124. The van der Waals surface area contributed by atoms with Crippen LogP contribution in [0.1, 0.15) is 30.9 Å². The van der Waals surface area contributed by atoms with Crippen LogP contribution in [0.5, 0.6) is 0 Å². The minimum atomic E-state index is -0.381. The molecule has 4 heteroatoms. The van der Waals surface area contributed by atoms with E-state index in [4.69, 9.17) is 5.73 Å². The molecule has 0 saturated carbocycles. The average molecular weight is 194 g/mol. The van der Waals surface area contributed by atoms with Gasteiger partial charge >= 0.3 is 0 Å².